The Morgan fingerprint density at radius 2 is 1.88 bits per heavy atom. The molecule has 100 valence electrons. The summed E-state index contributed by atoms with van der Waals surface area (Å²) in [6.45, 7) is 8.63. The number of carbonyl (C=O) groups excluding carboxylic acids is 1. The molecule has 1 aliphatic rings. The van der Waals surface area contributed by atoms with Gasteiger partial charge in [-0.05, 0) is 51.6 Å². The lowest BCUT2D eigenvalue weighted by molar-refractivity contribution is -0.117. The molecule has 0 heterocycles. The molecule has 2 nitrogen and oxygen atoms in total. The van der Waals surface area contributed by atoms with Gasteiger partial charge in [0.2, 0.25) is 0 Å². The maximum absolute atomic E-state index is 11.0. The highest BCUT2D eigenvalue weighted by Gasteiger charge is 2.21. The molecule has 1 saturated carbocycles. The van der Waals surface area contributed by atoms with Gasteiger partial charge in [0.15, 0.2) is 0 Å². The molecule has 0 N–H and O–H groups in total. The van der Waals surface area contributed by atoms with Crippen molar-refractivity contribution in [2.45, 2.75) is 71.8 Å². The Morgan fingerprint density at radius 1 is 1.24 bits per heavy atom. The third-order valence-electron chi connectivity index (χ3n) is 3.81. The molecule has 1 fully saturated rings. The summed E-state index contributed by atoms with van der Waals surface area (Å²) in [4.78, 5) is 13.6. The van der Waals surface area contributed by atoms with Crippen LogP contribution in [0.1, 0.15) is 65.7 Å². The van der Waals surface area contributed by atoms with Crippen molar-refractivity contribution in [3.05, 3.63) is 0 Å². The van der Waals surface area contributed by atoms with Crippen molar-refractivity contribution in [3.8, 4) is 0 Å². The second-order valence-electron chi connectivity index (χ2n) is 5.96. The third-order valence-corrected chi connectivity index (χ3v) is 3.81. The molecular weight excluding hydrogens is 210 g/mol. The molecule has 0 bridgehead atoms. The van der Waals surface area contributed by atoms with Crippen molar-refractivity contribution >= 4 is 5.78 Å². The smallest absolute Gasteiger partial charge is 0.129 e. The van der Waals surface area contributed by atoms with Crippen LogP contribution in [0.3, 0.4) is 0 Å². The van der Waals surface area contributed by atoms with Gasteiger partial charge < -0.3 is 9.69 Å². The van der Waals surface area contributed by atoms with E-state index in [-0.39, 0.29) is 0 Å². The number of ketones is 1. The summed E-state index contributed by atoms with van der Waals surface area (Å²) >= 11 is 0. The van der Waals surface area contributed by atoms with E-state index in [0.717, 1.165) is 31.3 Å². The van der Waals surface area contributed by atoms with Gasteiger partial charge in [0.1, 0.15) is 5.78 Å². The van der Waals surface area contributed by atoms with E-state index < -0.39 is 0 Å². The van der Waals surface area contributed by atoms with E-state index in [1.54, 1.807) is 6.92 Å². The van der Waals surface area contributed by atoms with Gasteiger partial charge in [-0.2, -0.15) is 0 Å². The van der Waals surface area contributed by atoms with Gasteiger partial charge in [-0.15, -0.1) is 0 Å². The molecule has 0 atom stereocenters. The van der Waals surface area contributed by atoms with E-state index in [2.05, 4.69) is 18.7 Å². The van der Waals surface area contributed by atoms with Gasteiger partial charge in [0, 0.05) is 12.5 Å². The van der Waals surface area contributed by atoms with Crippen LogP contribution in [0.2, 0.25) is 0 Å². The van der Waals surface area contributed by atoms with Gasteiger partial charge >= 0.3 is 0 Å². The quantitative estimate of drug-likeness (QED) is 0.644. The van der Waals surface area contributed by atoms with Crippen molar-refractivity contribution in [2.75, 3.05) is 13.1 Å². The lowest BCUT2D eigenvalue weighted by atomic mass is 10.1. The van der Waals surface area contributed by atoms with Crippen LogP contribution in [0.4, 0.5) is 0 Å². The van der Waals surface area contributed by atoms with E-state index >= 15 is 0 Å². The Kier molecular flexibility index (Phi) is 6.79. The number of carbonyl (C=O) groups is 1. The van der Waals surface area contributed by atoms with Crippen LogP contribution < -0.4 is 0 Å². The SMILES string of the molecule is CC(=O)CCCN(CCC(C)C)C1CCCC1. The van der Waals surface area contributed by atoms with Crippen molar-refractivity contribution in [1.29, 1.82) is 0 Å². The molecule has 2 heteroatoms. The Bertz CT molecular complexity index is 219. The minimum Gasteiger partial charge on any atom is -0.300 e. The maximum atomic E-state index is 11.0. The molecule has 0 aliphatic heterocycles. The highest BCUT2D eigenvalue weighted by atomic mass is 16.1. The van der Waals surface area contributed by atoms with Crippen molar-refractivity contribution in [3.63, 3.8) is 0 Å². The van der Waals surface area contributed by atoms with E-state index in [9.17, 15) is 4.79 Å². The van der Waals surface area contributed by atoms with E-state index in [0.29, 0.717) is 5.78 Å². The normalized spacial score (nSPS) is 17.2. The minimum absolute atomic E-state index is 0.334. The first-order valence-corrected chi connectivity index (χ1v) is 7.33. The van der Waals surface area contributed by atoms with Gasteiger partial charge in [-0.3, -0.25) is 0 Å². The van der Waals surface area contributed by atoms with Crippen LogP contribution in [-0.2, 0) is 4.79 Å². The third kappa shape index (κ3) is 6.21. The largest absolute Gasteiger partial charge is 0.300 e. The molecule has 0 unspecified atom stereocenters. The highest BCUT2D eigenvalue weighted by Crippen LogP contribution is 2.24. The highest BCUT2D eigenvalue weighted by molar-refractivity contribution is 5.75. The summed E-state index contributed by atoms with van der Waals surface area (Å²) in [5.74, 6) is 1.12. The second-order valence-corrected chi connectivity index (χ2v) is 5.96. The first kappa shape index (κ1) is 14.7. The molecule has 0 amide bonds. The Labute approximate surface area is 107 Å². The Hall–Kier alpha value is -0.370. The fourth-order valence-corrected chi connectivity index (χ4v) is 2.70. The fraction of sp³-hybridized carbons (Fsp3) is 0.933. The molecule has 0 saturated heterocycles. The molecule has 1 aliphatic carbocycles. The van der Waals surface area contributed by atoms with Crippen molar-refractivity contribution in [2.24, 2.45) is 5.92 Å². The zero-order valence-electron chi connectivity index (χ0n) is 11.9. The second kappa shape index (κ2) is 7.86. The minimum atomic E-state index is 0.334. The molecule has 0 aromatic heterocycles. The molecule has 17 heavy (non-hydrogen) atoms. The van der Waals surface area contributed by atoms with Crippen molar-refractivity contribution in [1.82, 2.24) is 4.90 Å². The first-order chi connectivity index (χ1) is 8.09. The van der Waals surface area contributed by atoms with Crippen LogP contribution in [0, 0.1) is 5.92 Å². The summed E-state index contributed by atoms with van der Waals surface area (Å²) in [6.07, 6.45) is 8.63. The van der Waals surface area contributed by atoms with Gasteiger partial charge in [-0.25, -0.2) is 0 Å². The maximum Gasteiger partial charge on any atom is 0.129 e. The standard InChI is InChI=1S/C15H29NO/c1-13(2)10-12-16(11-6-7-14(3)17)15-8-4-5-9-15/h13,15H,4-12H2,1-3H3. The molecule has 1 rings (SSSR count). The summed E-state index contributed by atoms with van der Waals surface area (Å²) in [6, 6.07) is 0.806. The molecule has 0 radical (unpaired) electrons. The molecule has 0 aromatic carbocycles. The number of hydrogen-bond donors (Lipinski definition) is 0. The van der Waals surface area contributed by atoms with Gasteiger partial charge in [0.25, 0.3) is 0 Å². The first-order valence-electron chi connectivity index (χ1n) is 7.33. The summed E-state index contributed by atoms with van der Waals surface area (Å²) in [5, 5.41) is 0. The predicted molar refractivity (Wildman–Crippen MR) is 73.2 cm³/mol. The predicted octanol–water partition coefficient (Wildman–Crippen LogP) is 3.65. The van der Waals surface area contributed by atoms with Gasteiger partial charge in [-0.1, -0.05) is 26.7 Å². The summed E-state index contributed by atoms with van der Waals surface area (Å²) in [7, 11) is 0. The van der Waals surface area contributed by atoms with E-state index in [1.165, 1.54) is 38.6 Å². The number of Topliss-reactive ketones (excluding diaryl/α,β-unsaturated/α-hetero) is 1. The number of nitrogens with zero attached hydrogens (tertiary/aromatic N) is 1. The topological polar surface area (TPSA) is 20.3 Å². The summed E-state index contributed by atoms with van der Waals surface area (Å²) in [5.41, 5.74) is 0. The van der Waals surface area contributed by atoms with Crippen LogP contribution in [0.15, 0.2) is 0 Å². The summed E-state index contributed by atoms with van der Waals surface area (Å²) < 4.78 is 0. The number of rotatable bonds is 8. The Morgan fingerprint density at radius 3 is 2.41 bits per heavy atom. The van der Waals surface area contributed by atoms with Crippen LogP contribution >= 0.6 is 0 Å². The monoisotopic (exact) mass is 239 g/mol. The lowest BCUT2D eigenvalue weighted by Gasteiger charge is -2.29. The number of hydrogen-bond acceptors (Lipinski definition) is 2. The molecule has 0 spiro atoms. The average molecular weight is 239 g/mol. The van der Waals surface area contributed by atoms with Crippen LogP contribution in [-0.4, -0.2) is 29.8 Å². The molecular formula is C15H29NO. The lowest BCUT2D eigenvalue weighted by Crippen LogP contribution is -2.35. The van der Waals surface area contributed by atoms with E-state index in [1.807, 2.05) is 0 Å². The van der Waals surface area contributed by atoms with Crippen molar-refractivity contribution < 1.29 is 4.79 Å². The van der Waals surface area contributed by atoms with E-state index in [4.69, 9.17) is 0 Å². The average Bonchev–Trinajstić information content (AvgIpc) is 2.75. The Balaban J connectivity index is 2.32. The molecule has 0 aromatic rings. The zero-order chi connectivity index (χ0) is 12.7. The van der Waals surface area contributed by atoms with Gasteiger partial charge in [0.05, 0.1) is 0 Å². The fourth-order valence-electron chi connectivity index (χ4n) is 2.70. The van der Waals surface area contributed by atoms with Crippen LogP contribution in [0.25, 0.3) is 0 Å². The van der Waals surface area contributed by atoms with Crippen LogP contribution in [0.5, 0.6) is 0 Å². The zero-order valence-corrected chi connectivity index (χ0v) is 11.9.